The standard InChI is InChI=1S/C11H13ClO4/c1-3-16-11-7(5-10(13)14)4-8(12)6-9(11)15-2/h4,6H,3,5H2,1-2H3,(H,13,14). The first-order chi connectivity index (χ1) is 7.58. The van der Waals surface area contributed by atoms with Crippen molar-refractivity contribution in [2.75, 3.05) is 13.7 Å². The van der Waals surface area contributed by atoms with Gasteiger partial charge in [0.25, 0.3) is 0 Å². The van der Waals surface area contributed by atoms with Crippen LogP contribution in [-0.4, -0.2) is 24.8 Å². The minimum atomic E-state index is -0.940. The number of carboxylic acids is 1. The lowest BCUT2D eigenvalue weighted by molar-refractivity contribution is -0.136. The predicted octanol–water partition coefficient (Wildman–Crippen LogP) is 2.37. The number of benzene rings is 1. The third-order valence-electron chi connectivity index (χ3n) is 1.95. The lowest BCUT2D eigenvalue weighted by Crippen LogP contribution is -2.05. The number of carbonyl (C=O) groups is 1. The zero-order chi connectivity index (χ0) is 12.1. The molecule has 0 radical (unpaired) electrons. The zero-order valence-corrected chi connectivity index (χ0v) is 9.87. The summed E-state index contributed by atoms with van der Waals surface area (Å²) < 4.78 is 10.5. The number of rotatable bonds is 5. The molecule has 4 nitrogen and oxygen atoms in total. The monoisotopic (exact) mass is 244 g/mol. The Morgan fingerprint density at radius 3 is 2.69 bits per heavy atom. The number of aliphatic carboxylic acids is 1. The summed E-state index contributed by atoms with van der Waals surface area (Å²) in [7, 11) is 1.48. The lowest BCUT2D eigenvalue weighted by atomic mass is 10.1. The molecule has 1 aromatic rings. The lowest BCUT2D eigenvalue weighted by Gasteiger charge is -2.13. The molecule has 0 atom stereocenters. The first-order valence-electron chi connectivity index (χ1n) is 4.79. The summed E-state index contributed by atoms with van der Waals surface area (Å²) in [4.78, 5) is 10.7. The maximum Gasteiger partial charge on any atom is 0.307 e. The average molecular weight is 245 g/mol. The van der Waals surface area contributed by atoms with E-state index in [1.165, 1.54) is 7.11 Å². The summed E-state index contributed by atoms with van der Waals surface area (Å²) >= 11 is 5.86. The largest absolute Gasteiger partial charge is 0.493 e. The fraction of sp³-hybridized carbons (Fsp3) is 0.364. The van der Waals surface area contributed by atoms with Crippen LogP contribution in [0.15, 0.2) is 12.1 Å². The number of methoxy groups -OCH3 is 1. The van der Waals surface area contributed by atoms with E-state index in [0.29, 0.717) is 28.7 Å². The van der Waals surface area contributed by atoms with Crippen molar-refractivity contribution in [1.29, 1.82) is 0 Å². The van der Waals surface area contributed by atoms with Gasteiger partial charge in [0.1, 0.15) is 0 Å². The molecular formula is C11H13ClO4. The summed E-state index contributed by atoms with van der Waals surface area (Å²) in [6, 6.07) is 3.17. The van der Waals surface area contributed by atoms with Crippen LogP contribution in [0.2, 0.25) is 5.02 Å². The highest BCUT2D eigenvalue weighted by atomic mass is 35.5. The molecule has 0 aliphatic rings. The topological polar surface area (TPSA) is 55.8 Å². The minimum absolute atomic E-state index is 0.147. The highest BCUT2D eigenvalue weighted by Crippen LogP contribution is 2.35. The van der Waals surface area contributed by atoms with Gasteiger partial charge in [-0.05, 0) is 13.0 Å². The van der Waals surface area contributed by atoms with Crippen LogP contribution in [-0.2, 0) is 11.2 Å². The molecule has 1 aromatic carbocycles. The van der Waals surface area contributed by atoms with Gasteiger partial charge < -0.3 is 14.6 Å². The van der Waals surface area contributed by atoms with Crippen LogP contribution >= 0.6 is 11.6 Å². The molecule has 0 aromatic heterocycles. The van der Waals surface area contributed by atoms with E-state index >= 15 is 0 Å². The van der Waals surface area contributed by atoms with E-state index in [2.05, 4.69) is 0 Å². The van der Waals surface area contributed by atoms with Gasteiger partial charge in [0.2, 0.25) is 0 Å². The van der Waals surface area contributed by atoms with E-state index in [1.54, 1.807) is 12.1 Å². The molecule has 0 unspecified atom stereocenters. The van der Waals surface area contributed by atoms with Gasteiger partial charge in [-0.3, -0.25) is 4.79 Å². The number of hydrogen-bond acceptors (Lipinski definition) is 3. The Bertz CT molecular complexity index is 390. The van der Waals surface area contributed by atoms with Crippen molar-refractivity contribution in [1.82, 2.24) is 0 Å². The highest BCUT2D eigenvalue weighted by molar-refractivity contribution is 6.30. The van der Waals surface area contributed by atoms with Crippen molar-refractivity contribution in [2.24, 2.45) is 0 Å². The Hall–Kier alpha value is -1.42. The predicted molar refractivity (Wildman–Crippen MR) is 60.5 cm³/mol. The average Bonchev–Trinajstić information content (AvgIpc) is 2.20. The van der Waals surface area contributed by atoms with Crippen molar-refractivity contribution in [3.8, 4) is 11.5 Å². The van der Waals surface area contributed by atoms with Crippen LogP contribution in [0.4, 0.5) is 0 Å². The van der Waals surface area contributed by atoms with Crippen molar-refractivity contribution in [3.05, 3.63) is 22.7 Å². The number of halogens is 1. The van der Waals surface area contributed by atoms with Gasteiger partial charge in [-0.25, -0.2) is 0 Å². The molecular weight excluding hydrogens is 232 g/mol. The van der Waals surface area contributed by atoms with E-state index in [9.17, 15) is 4.79 Å². The van der Waals surface area contributed by atoms with Crippen LogP contribution in [0.25, 0.3) is 0 Å². The Balaban J connectivity index is 3.20. The second kappa shape index (κ2) is 5.61. The van der Waals surface area contributed by atoms with Gasteiger partial charge in [0.15, 0.2) is 11.5 Å². The second-order valence-corrected chi connectivity index (χ2v) is 3.54. The normalized spacial score (nSPS) is 9.94. The molecule has 1 rings (SSSR count). The first kappa shape index (κ1) is 12.6. The fourth-order valence-corrected chi connectivity index (χ4v) is 1.61. The molecule has 1 N–H and O–H groups in total. The Morgan fingerprint density at radius 2 is 2.19 bits per heavy atom. The van der Waals surface area contributed by atoms with Gasteiger partial charge in [0, 0.05) is 16.7 Å². The maximum absolute atomic E-state index is 10.7. The third-order valence-corrected chi connectivity index (χ3v) is 2.17. The van der Waals surface area contributed by atoms with E-state index in [1.807, 2.05) is 6.92 Å². The molecule has 88 valence electrons. The molecule has 0 saturated carbocycles. The summed E-state index contributed by atoms with van der Waals surface area (Å²) in [5.41, 5.74) is 0.513. The molecule has 0 heterocycles. The summed E-state index contributed by atoms with van der Waals surface area (Å²) in [5.74, 6) is -0.0485. The van der Waals surface area contributed by atoms with Gasteiger partial charge in [-0.1, -0.05) is 11.6 Å². The zero-order valence-electron chi connectivity index (χ0n) is 9.12. The van der Waals surface area contributed by atoms with Gasteiger partial charge in [-0.15, -0.1) is 0 Å². The van der Waals surface area contributed by atoms with Crippen molar-refractivity contribution in [2.45, 2.75) is 13.3 Å². The molecule has 16 heavy (non-hydrogen) atoms. The third kappa shape index (κ3) is 3.03. The van der Waals surface area contributed by atoms with Crippen LogP contribution in [0.1, 0.15) is 12.5 Å². The van der Waals surface area contributed by atoms with Gasteiger partial charge in [-0.2, -0.15) is 0 Å². The quantitative estimate of drug-likeness (QED) is 0.864. The van der Waals surface area contributed by atoms with E-state index in [-0.39, 0.29) is 6.42 Å². The Labute approximate surface area is 98.7 Å². The Morgan fingerprint density at radius 1 is 1.50 bits per heavy atom. The number of carboxylic acid groups (broad SMARTS) is 1. The SMILES string of the molecule is CCOc1c(CC(=O)O)cc(Cl)cc1OC. The number of hydrogen-bond donors (Lipinski definition) is 1. The van der Waals surface area contributed by atoms with E-state index in [0.717, 1.165) is 0 Å². The summed E-state index contributed by atoms with van der Waals surface area (Å²) in [6.07, 6.45) is -0.147. The molecule has 0 bridgehead atoms. The molecule has 0 spiro atoms. The second-order valence-electron chi connectivity index (χ2n) is 3.10. The van der Waals surface area contributed by atoms with Crippen LogP contribution < -0.4 is 9.47 Å². The van der Waals surface area contributed by atoms with Crippen LogP contribution in [0, 0.1) is 0 Å². The highest BCUT2D eigenvalue weighted by Gasteiger charge is 2.14. The van der Waals surface area contributed by atoms with Gasteiger partial charge in [0.05, 0.1) is 20.1 Å². The van der Waals surface area contributed by atoms with E-state index in [4.69, 9.17) is 26.2 Å². The van der Waals surface area contributed by atoms with Crippen LogP contribution in [0.5, 0.6) is 11.5 Å². The molecule has 5 heteroatoms. The van der Waals surface area contributed by atoms with Crippen molar-refractivity contribution < 1.29 is 19.4 Å². The summed E-state index contributed by atoms with van der Waals surface area (Å²) in [6.45, 7) is 2.25. The first-order valence-corrected chi connectivity index (χ1v) is 5.17. The van der Waals surface area contributed by atoms with E-state index < -0.39 is 5.97 Å². The molecule has 0 saturated heterocycles. The molecule has 0 amide bonds. The fourth-order valence-electron chi connectivity index (χ4n) is 1.38. The van der Waals surface area contributed by atoms with Gasteiger partial charge >= 0.3 is 5.97 Å². The molecule has 0 aliphatic heterocycles. The smallest absolute Gasteiger partial charge is 0.307 e. The van der Waals surface area contributed by atoms with Crippen molar-refractivity contribution in [3.63, 3.8) is 0 Å². The molecule has 0 aliphatic carbocycles. The minimum Gasteiger partial charge on any atom is -0.493 e. The van der Waals surface area contributed by atoms with Crippen molar-refractivity contribution >= 4 is 17.6 Å². The number of ether oxygens (including phenoxy) is 2. The maximum atomic E-state index is 10.7. The molecule has 0 fully saturated rings. The van der Waals surface area contributed by atoms with Crippen LogP contribution in [0.3, 0.4) is 0 Å². The summed E-state index contributed by atoms with van der Waals surface area (Å²) in [5, 5.41) is 9.20. The Kier molecular flexibility index (Phi) is 4.43.